The first-order valence-electron chi connectivity index (χ1n) is 10.1. The van der Waals surface area contributed by atoms with Crippen LogP contribution in [-0.2, 0) is 14.3 Å². The Morgan fingerprint density at radius 3 is 2.50 bits per heavy atom. The molecule has 4 heteroatoms. The van der Waals surface area contributed by atoms with Gasteiger partial charge in [0.1, 0.15) is 5.78 Å². The molecule has 2 bridgehead atoms. The largest absolute Gasteiger partial charge is 0.466 e. The van der Waals surface area contributed by atoms with Crippen molar-refractivity contribution in [2.45, 2.75) is 71.8 Å². The summed E-state index contributed by atoms with van der Waals surface area (Å²) in [5.74, 6) is 0.467. The van der Waals surface area contributed by atoms with Gasteiger partial charge in [-0.05, 0) is 61.2 Å². The maximum Gasteiger partial charge on any atom is 0.333 e. The number of allylic oxidation sites excluding steroid dienone is 1. The normalized spacial score (nSPS) is 49.1. The van der Waals surface area contributed by atoms with Gasteiger partial charge in [0.2, 0.25) is 0 Å². The minimum Gasteiger partial charge on any atom is -0.466 e. The number of methoxy groups -OCH3 is 1. The number of hydrogen-bond donors (Lipinski definition) is 1. The van der Waals surface area contributed by atoms with Crippen LogP contribution in [0.2, 0.25) is 0 Å². The van der Waals surface area contributed by atoms with Gasteiger partial charge in [-0.25, -0.2) is 4.79 Å². The van der Waals surface area contributed by atoms with Gasteiger partial charge in [0.05, 0.1) is 12.7 Å². The number of carbonyl (C=O) groups excluding carboxylic acids is 2. The van der Waals surface area contributed by atoms with Crippen LogP contribution >= 0.6 is 0 Å². The predicted molar refractivity (Wildman–Crippen MR) is 98.2 cm³/mol. The third kappa shape index (κ3) is 1.95. The average molecular weight is 360 g/mol. The fourth-order valence-electron chi connectivity index (χ4n) is 7.75. The molecule has 0 aromatic rings. The Morgan fingerprint density at radius 2 is 1.85 bits per heavy atom. The molecular formula is C22H32O4. The minimum atomic E-state index is -0.798. The number of ether oxygens (including phenoxy) is 1. The summed E-state index contributed by atoms with van der Waals surface area (Å²) in [7, 11) is 1.45. The number of fused-ring (bicyclic) bond motifs is 3. The first-order valence-corrected chi connectivity index (χ1v) is 10.1. The summed E-state index contributed by atoms with van der Waals surface area (Å²) in [6.07, 6.45) is 6.95. The molecule has 0 aromatic carbocycles. The highest BCUT2D eigenvalue weighted by Gasteiger charge is 2.70. The first-order chi connectivity index (χ1) is 12.0. The van der Waals surface area contributed by atoms with Gasteiger partial charge >= 0.3 is 5.97 Å². The van der Waals surface area contributed by atoms with Gasteiger partial charge in [0, 0.05) is 16.9 Å². The van der Waals surface area contributed by atoms with Crippen molar-refractivity contribution >= 4 is 11.8 Å². The Labute approximate surface area is 156 Å². The summed E-state index contributed by atoms with van der Waals surface area (Å²) >= 11 is 0. The smallest absolute Gasteiger partial charge is 0.333 e. The summed E-state index contributed by atoms with van der Waals surface area (Å²) in [6, 6.07) is 0. The van der Waals surface area contributed by atoms with Gasteiger partial charge in [-0.1, -0.05) is 33.8 Å². The van der Waals surface area contributed by atoms with E-state index in [4.69, 9.17) is 4.74 Å². The van der Waals surface area contributed by atoms with Crippen LogP contribution in [-0.4, -0.2) is 29.6 Å². The van der Waals surface area contributed by atoms with Gasteiger partial charge in [0.25, 0.3) is 0 Å². The molecule has 0 unspecified atom stereocenters. The van der Waals surface area contributed by atoms with Crippen molar-refractivity contribution in [1.82, 2.24) is 0 Å². The lowest BCUT2D eigenvalue weighted by Crippen LogP contribution is -2.58. The van der Waals surface area contributed by atoms with Gasteiger partial charge in [-0.3, -0.25) is 4.79 Å². The molecule has 0 saturated heterocycles. The fourth-order valence-corrected chi connectivity index (χ4v) is 7.75. The highest BCUT2D eigenvalue weighted by Crippen LogP contribution is 2.71. The maximum absolute atomic E-state index is 13.3. The Bertz CT molecular complexity index is 707. The van der Waals surface area contributed by atoms with Crippen LogP contribution in [0.3, 0.4) is 0 Å². The van der Waals surface area contributed by atoms with Gasteiger partial charge < -0.3 is 9.84 Å². The molecule has 1 spiro atoms. The van der Waals surface area contributed by atoms with Gasteiger partial charge in [0.15, 0.2) is 0 Å². The zero-order valence-corrected chi connectivity index (χ0v) is 16.7. The number of carbonyl (C=O) groups is 2. The monoisotopic (exact) mass is 360 g/mol. The number of esters is 1. The predicted octanol–water partition coefficient (Wildman–Crippen LogP) is 3.67. The van der Waals surface area contributed by atoms with Crippen molar-refractivity contribution in [3.05, 3.63) is 11.6 Å². The summed E-state index contributed by atoms with van der Waals surface area (Å²) in [5.41, 5.74) is -0.640. The second kappa shape index (κ2) is 5.21. The van der Waals surface area contributed by atoms with E-state index in [0.717, 1.165) is 37.7 Å². The zero-order valence-electron chi connectivity index (χ0n) is 16.7. The third-order valence-electron chi connectivity index (χ3n) is 9.03. The molecule has 0 heterocycles. The zero-order chi connectivity index (χ0) is 19.1. The van der Waals surface area contributed by atoms with Crippen LogP contribution in [0.4, 0.5) is 0 Å². The van der Waals surface area contributed by atoms with Crippen LogP contribution in [0.1, 0.15) is 66.2 Å². The van der Waals surface area contributed by atoms with E-state index in [2.05, 4.69) is 26.8 Å². The van der Waals surface area contributed by atoms with E-state index >= 15 is 0 Å². The number of Topliss-reactive ketones (excluding diaryl/α,β-unsaturated/α-hetero) is 1. The summed E-state index contributed by atoms with van der Waals surface area (Å²) in [4.78, 5) is 25.6. The highest BCUT2D eigenvalue weighted by molar-refractivity contribution is 5.92. The third-order valence-corrected chi connectivity index (χ3v) is 9.03. The second-order valence-corrected chi connectivity index (χ2v) is 10.2. The van der Waals surface area contributed by atoms with E-state index in [1.165, 1.54) is 7.11 Å². The fraction of sp³-hybridized carbons (Fsp3) is 0.818. The molecule has 0 radical (unpaired) electrons. The van der Waals surface area contributed by atoms with E-state index in [-0.39, 0.29) is 28.1 Å². The van der Waals surface area contributed by atoms with Gasteiger partial charge in [-0.2, -0.15) is 0 Å². The molecule has 4 aliphatic carbocycles. The number of hydrogen-bond acceptors (Lipinski definition) is 4. The molecule has 3 saturated carbocycles. The van der Waals surface area contributed by atoms with Crippen LogP contribution in [0, 0.1) is 34.0 Å². The van der Waals surface area contributed by atoms with Crippen molar-refractivity contribution < 1.29 is 19.4 Å². The molecule has 0 aliphatic heterocycles. The van der Waals surface area contributed by atoms with Crippen LogP contribution in [0.15, 0.2) is 11.6 Å². The van der Waals surface area contributed by atoms with Crippen molar-refractivity contribution in [1.29, 1.82) is 0 Å². The van der Waals surface area contributed by atoms with Crippen molar-refractivity contribution in [2.24, 2.45) is 34.0 Å². The molecule has 0 amide bonds. The van der Waals surface area contributed by atoms with Crippen molar-refractivity contribution in [3.8, 4) is 0 Å². The lowest BCUT2D eigenvalue weighted by Gasteiger charge is -2.62. The Morgan fingerprint density at radius 1 is 1.19 bits per heavy atom. The maximum atomic E-state index is 13.3. The highest BCUT2D eigenvalue weighted by atomic mass is 16.5. The Hall–Kier alpha value is -1.16. The SMILES string of the molecule is COC(=O)C1=CC[C@@]2(C)[C@@H](CC[C@]34C[C@@](O)(CC[C@@H]32)[C@H](C)C4=O)C1(C)C. The molecule has 1 N–H and O–H groups in total. The molecule has 6 atom stereocenters. The standard InChI is InChI=1S/C22H32O4/c1-13-17(23)21-10-7-15-19(2,3)14(18(24)26-5)6-9-20(15,4)16(21)8-11-22(13,25)12-21/h6,13,15-16,25H,7-12H2,1-5H3/t13-,15+,16-,20+,21+,22+/m1/s1. The summed E-state index contributed by atoms with van der Waals surface area (Å²) in [6.45, 7) is 8.58. The number of rotatable bonds is 1. The summed E-state index contributed by atoms with van der Waals surface area (Å²) < 4.78 is 5.04. The molecule has 0 aromatic heterocycles. The Balaban J connectivity index is 1.79. The second-order valence-electron chi connectivity index (χ2n) is 10.2. The minimum absolute atomic E-state index is 0.0136. The topological polar surface area (TPSA) is 63.6 Å². The van der Waals surface area contributed by atoms with Crippen LogP contribution in [0.25, 0.3) is 0 Å². The van der Waals surface area contributed by atoms with E-state index in [1.54, 1.807) is 0 Å². The summed E-state index contributed by atoms with van der Waals surface area (Å²) in [5, 5.41) is 11.0. The van der Waals surface area contributed by atoms with Crippen molar-refractivity contribution in [2.75, 3.05) is 7.11 Å². The number of ketones is 1. The van der Waals surface area contributed by atoms with E-state index in [1.807, 2.05) is 6.92 Å². The van der Waals surface area contributed by atoms with Gasteiger partial charge in [-0.15, -0.1) is 0 Å². The molecule has 4 aliphatic rings. The average Bonchev–Trinajstić information content (AvgIpc) is 2.71. The van der Waals surface area contributed by atoms with E-state index in [0.29, 0.717) is 24.0 Å². The number of aliphatic hydroxyl groups is 1. The lowest BCUT2D eigenvalue weighted by molar-refractivity contribution is -0.160. The van der Waals surface area contributed by atoms with Crippen LogP contribution in [0.5, 0.6) is 0 Å². The van der Waals surface area contributed by atoms with E-state index in [9.17, 15) is 14.7 Å². The molecule has 4 rings (SSSR count). The molecule has 26 heavy (non-hydrogen) atoms. The van der Waals surface area contributed by atoms with E-state index < -0.39 is 5.60 Å². The quantitative estimate of drug-likeness (QED) is 0.725. The Kier molecular flexibility index (Phi) is 3.65. The molecule has 144 valence electrons. The molecule has 3 fully saturated rings. The molecule has 4 nitrogen and oxygen atoms in total. The molecular weight excluding hydrogens is 328 g/mol. The van der Waals surface area contributed by atoms with Crippen LogP contribution < -0.4 is 0 Å². The lowest BCUT2D eigenvalue weighted by atomic mass is 9.41. The first kappa shape index (κ1) is 18.2. The van der Waals surface area contributed by atoms with Crippen molar-refractivity contribution in [3.63, 3.8) is 0 Å².